The largest absolute Gasteiger partial charge is 0.390 e. The van der Waals surface area contributed by atoms with E-state index in [1.807, 2.05) is 11.6 Å². The van der Waals surface area contributed by atoms with Crippen molar-refractivity contribution < 1.29 is 5.11 Å². The topological polar surface area (TPSA) is 64.1 Å². The quantitative estimate of drug-likeness (QED) is 0.762. The Labute approximate surface area is 97.5 Å². The lowest BCUT2D eigenvalue weighted by Crippen LogP contribution is -2.31. The summed E-state index contributed by atoms with van der Waals surface area (Å²) in [6.45, 7) is 7.33. The van der Waals surface area contributed by atoms with Gasteiger partial charge >= 0.3 is 0 Å². The number of hydrogen-bond acceptors (Lipinski definition) is 3. The number of aryl methyl sites for hydroxylation is 2. The molecule has 92 valence electrons. The van der Waals surface area contributed by atoms with Crippen molar-refractivity contribution in [1.29, 1.82) is 0 Å². The molecule has 4 nitrogen and oxygen atoms in total. The van der Waals surface area contributed by atoms with E-state index in [-0.39, 0.29) is 0 Å². The van der Waals surface area contributed by atoms with Crippen molar-refractivity contribution >= 4 is 0 Å². The van der Waals surface area contributed by atoms with Gasteiger partial charge < -0.3 is 10.8 Å². The molecule has 1 rings (SSSR count). The van der Waals surface area contributed by atoms with E-state index in [0.717, 1.165) is 24.4 Å². The molecule has 0 aliphatic heterocycles. The van der Waals surface area contributed by atoms with Gasteiger partial charge in [-0.25, -0.2) is 0 Å². The van der Waals surface area contributed by atoms with E-state index >= 15 is 0 Å². The van der Waals surface area contributed by atoms with Gasteiger partial charge in [0.05, 0.1) is 11.3 Å². The van der Waals surface area contributed by atoms with Crippen molar-refractivity contribution in [2.24, 2.45) is 5.73 Å². The minimum absolute atomic E-state index is 0.508. The second-order valence-electron chi connectivity index (χ2n) is 4.51. The molecule has 0 amide bonds. The molecule has 0 saturated heterocycles. The summed E-state index contributed by atoms with van der Waals surface area (Å²) in [6.07, 6.45) is 2.16. The number of nitrogens with two attached hydrogens (primary N) is 1. The van der Waals surface area contributed by atoms with Crippen molar-refractivity contribution in [2.75, 3.05) is 6.54 Å². The molecule has 16 heavy (non-hydrogen) atoms. The molecule has 0 aliphatic rings. The molecule has 1 atom stereocenters. The van der Waals surface area contributed by atoms with Crippen molar-refractivity contribution in [3.8, 4) is 0 Å². The molecular weight excluding hydrogens is 202 g/mol. The fourth-order valence-electron chi connectivity index (χ4n) is 1.89. The molecule has 0 spiro atoms. The summed E-state index contributed by atoms with van der Waals surface area (Å²) in [5.41, 5.74) is 6.94. The van der Waals surface area contributed by atoms with Gasteiger partial charge in [-0.2, -0.15) is 5.10 Å². The van der Waals surface area contributed by atoms with Crippen molar-refractivity contribution in [2.45, 2.75) is 52.2 Å². The molecule has 0 aromatic carbocycles. The zero-order valence-corrected chi connectivity index (χ0v) is 10.5. The lowest BCUT2D eigenvalue weighted by Gasteiger charge is -2.22. The summed E-state index contributed by atoms with van der Waals surface area (Å²) >= 11 is 0. The highest BCUT2D eigenvalue weighted by atomic mass is 16.3. The van der Waals surface area contributed by atoms with Crippen LogP contribution in [0.2, 0.25) is 0 Å². The first kappa shape index (κ1) is 13.2. The Morgan fingerprint density at radius 2 is 2.19 bits per heavy atom. The normalized spacial score (nSPS) is 15.1. The first-order chi connectivity index (χ1) is 7.52. The second kappa shape index (κ2) is 5.46. The lowest BCUT2D eigenvalue weighted by atomic mass is 9.96. The van der Waals surface area contributed by atoms with Crippen LogP contribution in [0.5, 0.6) is 0 Å². The number of hydrogen-bond donors (Lipinski definition) is 2. The number of aromatic nitrogens is 2. The molecular formula is C12H23N3O. The van der Waals surface area contributed by atoms with E-state index in [1.54, 1.807) is 0 Å². The second-order valence-corrected chi connectivity index (χ2v) is 4.51. The molecule has 0 radical (unpaired) electrons. The van der Waals surface area contributed by atoms with E-state index < -0.39 is 5.60 Å². The van der Waals surface area contributed by atoms with E-state index in [0.29, 0.717) is 19.4 Å². The minimum atomic E-state index is -0.729. The van der Waals surface area contributed by atoms with Crippen LogP contribution in [0.25, 0.3) is 0 Å². The van der Waals surface area contributed by atoms with Crippen LogP contribution in [0.3, 0.4) is 0 Å². The maximum atomic E-state index is 10.1. The predicted molar refractivity (Wildman–Crippen MR) is 65.3 cm³/mol. The Hall–Kier alpha value is -0.870. The van der Waals surface area contributed by atoms with Crippen LogP contribution in [-0.2, 0) is 19.4 Å². The first-order valence-corrected chi connectivity index (χ1v) is 6.00. The van der Waals surface area contributed by atoms with Gasteiger partial charge in [-0.1, -0.05) is 6.92 Å². The van der Waals surface area contributed by atoms with Gasteiger partial charge in [-0.3, -0.25) is 4.68 Å². The van der Waals surface area contributed by atoms with Gasteiger partial charge in [0.25, 0.3) is 0 Å². The summed E-state index contributed by atoms with van der Waals surface area (Å²) < 4.78 is 1.96. The highest BCUT2D eigenvalue weighted by Gasteiger charge is 2.22. The lowest BCUT2D eigenvalue weighted by molar-refractivity contribution is 0.0518. The monoisotopic (exact) mass is 225 g/mol. The van der Waals surface area contributed by atoms with Gasteiger partial charge in [0, 0.05) is 18.7 Å². The van der Waals surface area contributed by atoms with E-state index in [9.17, 15) is 5.11 Å². The van der Waals surface area contributed by atoms with Crippen LogP contribution in [0, 0.1) is 0 Å². The Balaban J connectivity index is 2.82. The van der Waals surface area contributed by atoms with Crippen LogP contribution in [0.1, 0.15) is 38.6 Å². The molecule has 0 bridgehead atoms. The van der Waals surface area contributed by atoms with Gasteiger partial charge in [-0.15, -0.1) is 0 Å². The Bertz CT molecular complexity index is 331. The molecule has 1 heterocycles. The van der Waals surface area contributed by atoms with Crippen LogP contribution in [-0.4, -0.2) is 27.0 Å². The zero-order chi connectivity index (χ0) is 12.2. The van der Waals surface area contributed by atoms with Gasteiger partial charge in [0.1, 0.15) is 0 Å². The summed E-state index contributed by atoms with van der Waals surface area (Å²) in [5.74, 6) is 0. The smallest absolute Gasteiger partial charge is 0.0686 e. The van der Waals surface area contributed by atoms with Crippen molar-refractivity contribution in [3.63, 3.8) is 0 Å². The average Bonchev–Trinajstić information content (AvgIpc) is 2.59. The molecule has 0 fully saturated rings. The Morgan fingerprint density at radius 1 is 1.50 bits per heavy atom. The Kier molecular flexibility index (Phi) is 4.50. The van der Waals surface area contributed by atoms with E-state index in [2.05, 4.69) is 25.0 Å². The summed E-state index contributed by atoms with van der Waals surface area (Å²) in [7, 11) is 0. The third kappa shape index (κ3) is 3.32. The number of rotatable bonds is 6. The number of aliphatic hydroxyl groups is 1. The SMILES string of the molecule is CCc1cc(CC(C)(O)CCN)n(CC)n1. The fourth-order valence-corrected chi connectivity index (χ4v) is 1.89. The molecule has 4 heteroatoms. The predicted octanol–water partition coefficient (Wildman–Crippen LogP) is 1.11. The highest BCUT2D eigenvalue weighted by Crippen LogP contribution is 2.17. The standard InChI is InChI=1S/C12H23N3O/c1-4-10-8-11(15(5-2)14-10)9-12(3,16)6-7-13/h8,16H,4-7,9,13H2,1-3H3. The van der Waals surface area contributed by atoms with Gasteiger partial charge in [0.15, 0.2) is 0 Å². The third-order valence-electron chi connectivity index (χ3n) is 2.82. The van der Waals surface area contributed by atoms with Crippen LogP contribution < -0.4 is 5.73 Å². The fraction of sp³-hybridized carbons (Fsp3) is 0.750. The molecule has 3 N–H and O–H groups in total. The van der Waals surface area contributed by atoms with Crippen LogP contribution in [0.15, 0.2) is 6.07 Å². The van der Waals surface area contributed by atoms with Crippen molar-refractivity contribution in [1.82, 2.24) is 9.78 Å². The van der Waals surface area contributed by atoms with Crippen LogP contribution in [0.4, 0.5) is 0 Å². The van der Waals surface area contributed by atoms with Crippen LogP contribution >= 0.6 is 0 Å². The van der Waals surface area contributed by atoms with Crippen molar-refractivity contribution in [3.05, 3.63) is 17.5 Å². The zero-order valence-electron chi connectivity index (χ0n) is 10.5. The molecule has 1 aromatic heterocycles. The van der Waals surface area contributed by atoms with Gasteiger partial charge in [0.2, 0.25) is 0 Å². The molecule has 0 saturated carbocycles. The van der Waals surface area contributed by atoms with E-state index in [4.69, 9.17) is 5.73 Å². The molecule has 1 aromatic rings. The molecule has 1 unspecified atom stereocenters. The number of nitrogens with zero attached hydrogens (tertiary/aromatic N) is 2. The summed E-state index contributed by atoms with van der Waals surface area (Å²) in [4.78, 5) is 0. The first-order valence-electron chi connectivity index (χ1n) is 6.00. The maximum absolute atomic E-state index is 10.1. The summed E-state index contributed by atoms with van der Waals surface area (Å²) in [5, 5.41) is 14.6. The molecule has 0 aliphatic carbocycles. The third-order valence-corrected chi connectivity index (χ3v) is 2.82. The van der Waals surface area contributed by atoms with Gasteiger partial charge in [-0.05, 0) is 39.3 Å². The highest BCUT2D eigenvalue weighted by molar-refractivity contribution is 5.12. The summed E-state index contributed by atoms with van der Waals surface area (Å²) in [6, 6.07) is 2.08. The maximum Gasteiger partial charge on any atom is 0.0686 e. The minimum Gasteiger partial charge on any atom is -0.390 e. The average molecular weight is 225 g/mol. The van der Waals surface area contributed by atoms with E-state index in [1.165, 1.54) is 0 Å². The Morgan fingerprint density at radius 3 is 2.69 bits per heavy atom.